The first-order valence-electron chi connectivity index (χ1n) is 8.67. The molecule has 3 amide bonds. The fraction of sp³-hybridized carbons (Fsp3) is 0.368. The van der Waals surface area contributed by atoms with Crippen LogP contribution in [-0.2, 0) is 11.3 Å². The Bertz CT molecular complexity index is 823. The summed E-state index contributed by atoms with van der Waals surface area (Å²) in [5, 5.41) is 5.61. The number of amides is 3. The summed E-state index contributed by atoms with van der Waals surface area (Å²) in [5.74, 6) is 0.268. The first-order valence-corrected chi connectivity index (χ1v) is 8.67. The van der Waals surface area contributed by atoms with E-state index in [1.165, 1.54) is 12.1 Å². The molecule has 26 heavy (non-hydrogen) atoms. The molecule has 7 heteroatoms. The number of urea groups is 1. The number of carbonyl (C=O) groups is 2. The zero-order valence-electron chi connectivity index (χ0n) is 14.2. The summed E-state index contributed by atoms with van der Waals surface area (Å²) < 4.78 is 18.4. The molecule has 4 rings (SSSR count). The third-order valence-electron chi connectivity index (χ3n) is 5.27. The molecule has 1 saturated heterocycles. The molecule has 1 aromatic heterocycles. The largest absolute Gasteiger partial charge is 0.467 e. The van der Waals surface area contributed by atoms with Gasteiger partial charge in [-0.2, -0.15) is 0 Å². The van der Waals surface area contributed by atoms with E-state index in [9.17, 15) is 14.0 Å². The van der Waals surface area contributed by atoms with Crippen LogP contribution in [0.5, 0.6) is 0 Å². The van der Waals surface area contributed by atoms with Crippen LogP contribution in [0.2, 0.25) is 0 Å². The SMILES string of the molecule is O=C(NCc1ccco1)[C@H]1C[C@@]12CCN(C(=O)Nc1cccc(F)c1)C2. The van der Waals surface area contributed by atoms with E-state index in [0.717, 1.165) is 18.6 Å². The van der Waals surface area contributed by atoms with Gasteiger partial charge >= 0.3 is 6.03 Å². The van der Waals surface area contributed by atoms with Gasteiger partial charge in [0.25, 0.3) is 0 Å². The van der Waals surface area contributed by atoms with Gasteiger partial charge in [0.2, 0.25) is 5.91 Å². The van der Waals surface area contributed by atoms with Crippen molar-refractivity contribution < 1.29 is 18.4 Å². The maximum atomic E-state index is 13.2. The molecule has 1 spiro atoms. The Labute approximate surface area is 150 Å². The summed E-state index contributed by atoms with van der Waals surface area (Å²) in [6, 6.07) is 9.16. The Morgan fingerprint density at radius 3 is 2.96 bits per heavy atom. The van der Waals surface area contributed by atoms with Gasteiger partial charge in [-0.1, -0.05) is 6.07 Å². The second kappa shape index (κ2) is 6.48. The van der Waals surface area contributed by atoms with Crippen LogP contribution in [0.25, 0.3) is 0 Å². The number of benzene rings is 1. The molecule has 2 heterocycles. The molecule has 136 valence electrons. The van der Waals surface area contributed by atoms with Crippen molar-refractivity contribution in [2.24, 2.45) is 11.3 Å². The van der Waals surface area contributed by atoms with Crippen molar-refractivity contribution in [3.8, 4) is 0 Å². The Balaban J connectivity index is 1.29. The number of rotatable bonds is 4. The van der Waals surface area contributed by atoms with Gasteiger partial charge < -0.3 is 20.0 Å². The quantitative estimate of drug-likeness (QED) is 0.883. The van der Waals surface area contributed by atoms with Crippen molar-refractivity contribution in [2.45, 2.75) is 19.4 Å². The van der Waals surface area contributed by atoms with Crippen LogP contribution in [0, 0.1) is 17.2 Å². The lowest BCUT2D eigenvalue weighted by Crippen LogP contribution is -2.34. The zero-order valence-corrected chi connectivity index (χ0v) is 14.2. The fourth-order valence-corrected chi connectivity index (χ4v) is 3.72. The van der Waals surface area contributed by atoms with Crippen LogP contribution in [-0.4, -0.2) is 29.9 Å². The zero-order chi connectivity index (χ0) is 18.1. The Morgan fingerprint density at radius 1 is 1.31 bits per heavy atom. The molecule has 1 aromatic carbocycles. The minimum absolute atomic E-state index is 0.00814. The number of furan rings is 1. The molecule has 1 aliphatic heterocycles. The van der Waals surface area contributed by atoms with E-state index < -0.39 is 5.82 Å². The molecule has 1 aliphatic carbocycles. The van der Waals surface area contributed by atoms with Crippen molar-refractivity contribution >= 4 is 17.6 Å². The van der Waals surface area contributed by atoms with E-state index in [2.05, 4.69) is 10.6 Å². The lowest BCUT2D eigenvalue weighted by Gasteiger charge is -2.17. The van der Waals surface area contributed by atoms with Crippen LogP contribution < -0.4 is 10.6 Å². The molecule has 2 aromatic rings. The van der Waals surface area contributed by atoms with Crippen LogP contribution in [0.4, 0.5) is 14.9 Å². The van der Waals surface area contributed by atoms with E-state index in [0.29, 0.717) is 25.3 Å². The van der Waals surface area contributed by atoms with Gasteiger partial charge in [0.15, 0.2) is 0 Å². The second-order valence-corrected chi connectivity index (χ2v) is 7.03. The van der Waals surface area contributed by atoms with Crippen LogP contribution >= 0.6 is 0 Å². The maximum Gasteiger partial charge on any atom is 0.321 e. The van der Waals surface area contributed by atoms with E-state index in [-0.39, 0.29) is 23.3 Å². The van der Waals surface area contributed by atoms with Gasteiger partial charge in [-0.15, -0.1) is 0 Å². The molecule has 2 atom stereocenters. The average Bonchev–Trinajstić information content (AvgIpc) is 2.97. The Morgan fingerprint density at radius 2 is 2.19 bits per heavy atom. The van der Waals surface area contributed by atoms with E-state index >= 15 is 0 Å². The third-order valence-corrected chi connectivity index (χ3v) is 5.27. The van der Waals surface area contributed by atoms with Gasteiger partial charge in [-0.3, -0.25) is 4.79 Å². The number of likely N-dealkylation sites (tertiary alicyclic amines) is 1. The maximum absolute atomic E-state index is 13.2. The third kappa shape index (κ3) is 3.29. The highest BCUT2D eigenvalue weighted by molar-refractivity contribution is 5.90. The molecular formula is C19H20FN3O3. The Hall–Kier alpha value is -2.83. The van der Waals surface area contributed by atoms with Crippen molar-refractivity contribution in [1.82, 2.24) is 10.2 Å². The van der Waals surface area contributed by atoms with Gasteiger partial charge in [0.1, 0.15) is 11.6 Å². The first-order chi connectivity index (χ1) is 12.6. The summed E-state index contributed by atoms with van der Waals surface area (Å²) >= 11 is 0. The summed E-state index contributed by atoms with van der Waals surface area (Å²) in [4.78, 5) is 26.4. The summed E-state index contributed by atoms with van der Waals surface area (Å²) in [6.07, 6.45) is 3.18. The predicted molar refractivity (Wildman–Crippen MR) is 92.7 cm³/mol. The van der Waals surface area contributed by atoms with Crippen molar-refractivity contribution in [2.75, 3.05) is 18.4 Å². The molecule has 2 N–H and O–H groups in total. The minimum atomic E-state index is -0.392. The van der Waals surface area contributed by atoms with Crippen molar-refractivity contribution in [3.63, 3.8) is 0 Å². The average molecular weight is 357 g/mol. The highest BCUT2D eigenvalue weighted by atomic mass is 19.1. The summed E-state index contributed by atoms with van der Waals surface area (Å²) in [6.45, 7) is 1.53. The number of nitrogens with one attached hydrogen (secondary N) is 2. The second-order valence-electron chi connectivity index (χ2n) is 7.03. The number of nitrogens with zero attached hydrogens (tertiary/aromatic N) is 1. The highest BCUT2D eigenvalue weighted by Gasteiger charge is 2.61. The normalized spacial score (nSPS) is 23.9. The van der Waals surface area contributed by atoms with Gasteiger partial charge in [0, 0.05) is 30.1 Å². The lowest BCUT2D eigenvalue weighted by molar-refractivity contribution is -0.123. The fourth-order valence-electron chi connectivity index (χ4n) is 3.72. The first kappa shape index (κ1) is 16.6. The molecule has 0 bridgehead atoms. The number of hydrogen-bond donors (Lipinski definition) is 2. The molecule has 1 saturated carbocycles. The highest BCUT2D eigenvalue weighted by Crippen LogP contribution is 2.58. The monoisotopic (exact) mass is 357 g/mol. The van der Waals surface area contributed by atoms with E-state index in [4.69, 9.17) is 4.42 Å². The number of carbonyl (C=O) groups excluding carboxylic acids is 2. The minimum Gasteiger partial charge on any atom is -0.467 e. The molecule has 6 nitrogen and oxygen atoms in total. The van der Waals surface area contributed by atoms with E-state index in [1.807, 2.05) is 6.07 Å². The molecule has 0 radical (unpaired) electrons. The number of halogens is 1. The molecule has 2 aliphatic rings. The van der Waals surface area contributed by atoms with Crippen LogP contribution in [0.3, 0.4) is 0 Å². The van der Waals surface area contributed by atoms with E-state index in [1.54, 1.807) is 29.4 Å². The van der Waals surface area contributed by atoms with Gasteiger partial charge in [-0.25, -0.2) is 9.18 Å². The Kier molecular flexibility index (Phi) is 4.14. The summed E-state index contributed by atoms with van der Waals surface area (Å²) in [5.41, 5.74) is 0.312. The summed E-state index contributed by atoms with van der Waals surface area (Å²) in [7, 11) is 0. The molecule has 0 unspecified atom stereocenters. The van der Waals surface area contributed by atoms with Crippen LogP contribution in [0.15, 0.2) is 47.1 Å². The van der Waals surface area contributed by atoms with Gasteiger partial charge in [-0.05, 0) is 43.2 Å². The van der Waals surface area contributed by atoms with Gasteiger partial charge in [0.05, 0.1) is 12.8 Å². The smallest absolute Gasteiger partial charge is 0.321 e. The lowest BCUT2D eigenvalue weighted by atomic mass is 10.0. The number of hydrogen-bond acceptors (Lipinski definition) is 3. The standard InChI is InChI=1S/C19H20FN3O3/c20-13-3-1-4-14(9-13)22-18(25)23-7-6-19(12-23)10-16(19)17(24)21-11-15-5-2-8-26-15/h1-5,8-9,16H,6-7,10-12H2,(H,21,24)(H,22,25)/t16-,19-/m1/s1. The molecular weight excluding hydrogens is 337 g/mol. The number of anilines is 1. The topological polar surface area (TPSA) is 74.6 Å². The predicted octanol–water partition coefficient (Wildman–Crippen LogP) is 2.98. The van der Waals surface area contributed by atoms with Crippen LogP contribution in [0.1, 0.15) is 18.6 Å². The van der Waals surface area contributed by atoms with Crippen molar-refractivity contribution in [3.05, 3.63) is 54.2 Å². The molecule has 2 fully saturated rings. The van der Waals surface area contributed by atoms with Crippen molar-refractivity contribution in [1.29, 1.82) is 0 Å².